The number of carbonyl (C=O) groups excluding carboxylic acids is 2. The highest BCUT2D eigenvalue weighted by atomic mass is 16.4. The maximum atomic E-state index is 11.4. The fraction of sp³-hybridized carbons (Fsp3) is 0.769. The molecule has 0 fully saturated rings. The van der Waals surface area contributed by atoms with Gasteiger partial charge in [0.1, 0.15) is 0 Å². The van der Waals surface area contributed by atoms with Crippen LogP contribution < -0.4 is 10.6 Å². The van der Waals surface area contributed by atoms with E-state index in [1.807, 2.05) is 6.92 Å². The highest BCUT2D eigenvalue weighted by molar-refractivity contribution is 5.83. The second-order valence-corrected chi connectivity index (χ2v) is 5.14. The second-order valence-electron chi connectivity index (χ2n) is 5.14. The highest BCUT2D eigenvalue weighted by Gasteiger charge is 2.26. The van der Waals surface area contributed by atoms with Gasteiger partial charge in [0.15, 0.2) is 0 Å². The van der Waals surface area contributed by atoms with Crippen LogP contribution in [0.5, 0.6) is 0 Å². The molecule has 6 heteroatoms. The van der Waals surface area contributed by atoms with Gasteiger partial charge >= 0.3 is 5.97 Å². The lowest BCUT2D eigenvalue weighted by Gasteiger charge is -2.18. The number of hydrogen-bond donors (Lipinski definition) is 3. The maximum absolute atomic E-state index is 11.4. The molecule has 2 amide bonds. The van der Waals surface area contributed by atoms with Gasteiger partial charge in [0.05, 0.1) is 5.41 Å². The first-order chi connectivity index (χ1) is 8.79. The number of aliphatic carboxylic acids is 1. The number of nitrogens with one attached hydrogen (secondary N) is 2. The van der Waals surface area contributed by atoms with Crippen LogP contribution in [0.3, 0.4) is 0 Å². The van der Waals surface area contributed by atoms with Gasteiger partial charge in [-0.1, -0.05) is 6.92 Å². The van der Waals surface area contributed by atoms with Crippen LogP contribution in [0, 0.1) is 5.41 Å². The second kappa shape index (κ2) is 8.50. The number of amides is 2. The maximum Gasteiger partial charge on any atom is 0.309 e. The zero-order valence-corrected chi connectivity index (χ0v) is 11.9. The van der Waals surface area contributed by atoms with Gasteiger partial charge in [0.2, 0.25) is 11.8 Å². The lowest BCUT2D eigenvalue weighted by atomic mass is 9.90. The van der Waals surface area contributed by atoms with Crippen molar-refractivity contribution >= 4 is 17.8 Å². The largest absolute Gasteiger partial charge is 0.481 e. The minimum atomic E-state index is -0.888. The Morgan fingerprint density at radius 3 is 1.89 bits per heavy atom. The number of carboxylic acid groups (broad SMARTS) is 1. The van der Waals surface area contributed by atoms with Crippen LogP contribution in [0.25, 0.3) is 0 Å². The molecule has 0 heterocycles. The van der Waals surface area contributed by atoms with Crippen molar-refractivity contribution in [1.82, 2.24) is 10.6 Å². The molecule has 0 atom stereocenters. The molecule has 0 unspecified atom stereocenters. The van der Waals surface area contributed by atoms with Crippen molar-refractivity contribution in [3.05, 3.63) is 0 Å². The Balaban J connectivity index is 3.77. The van der Waals surface area contributed by atoms with Crippen molar-refractivity contribution in [3.63, 3.8) is 0 Å². The van der Waals surface area contributed by atoms with Gasteiger partial charge in [0, 0.05) is 25.9 Å². The van der Waals surface area contributed by atoms with Crippen molar-refractivity contribution in [2.24, 2.45) is 5.41 Å². The van der Waals surface area contributed by atoms with E-state index in [-0.39, 0.29) is 24.7 Å². The van der Waals surface area contributed by atoms with Gasteiger partial charge in [-0.05, 0) is 26.7 Å². The molecule has 6 nitrogen and oxygen atoms in total. The smallest absolute Gasteiger partial charge is 0.309 e. The van der Waals surface area contributed by atoms with E-state index in [0.29, 0.717) is 19.5 Å². The summed E-state index contributed by atoms with van der Waals surface area (Å²) in [4.78, 5) is 33.5. The van der Waals surface area contributed by atoms with Crippen molar-refractivity contribution < 1.29 is 19.5 Å². The topological polar surface area (TPSA) is 95.5 Å². The SMILES string of the molecule is CCCNC(=O)CCC(=O)NCCC(C)(C)C(=O)O. The lowest BCUT2D eigenvalue weighted by Crippen LogP contribution is -2.32. The monoisotopic (exact) mass is 272 g/mol. The Morgan fingerprint density at radius 1 is 1.00 bits per heavy atom. The summed E-state index contributed by atoms with van der Waals surface area (Å²) in [6.45, 7) is 6.10. The van der Waals surface area contributed by atoms with Gasteiger partial charge in [0.25, 0.3) is 0 Å². The van der Waals surface area contributed by atoms with Crippen LogP contribution in [0.4, 0.5) is 0 Å². The highest BCUT2D eigenvalue weighted by Crippen LogP contribution is 2.19. The number of hydrogen-bond acceptors (Lipinski definition) is 3. The molecule has 19 heavy (non-hydrogen) atoms. The molecule has 0 saturated heterocycles. The Morgan fingerprint density at radius 2 is 1.47 bits per heavy atom. The first-order valence-corrected chi connectivity index (χ1v) is 6.56. The summed E-state index contributed by atoms with van der Waals surface area (Å²) in [5.74, 6) is -1.25. The van der Waals surface area contributed by atoms with Crippen molar-refractivity contribution in [3.8, 4) is 0 Å². The summed E-state index contributed by atoms with van der Waals surface area (Å²) in [5, 5.41) is 14.2. The molecule has 0 aliphatic carbocycles. The van der Waals surface area contributed by atoms with Crippen LogP contribution in [0.2, 0.25) is 0 Å². The number of rotatable bonds is 9. The van der Waals surface area contributed by atoms with E-state index >= 15 is 0 Å². The molecule has 0 aromatic heterocycles. The van der Waals surface area contributed by atoms with E-state index in [2.05, 4.69) is 10.6 Å². The fourth-order valence-corrected chi connectivity index (χ4v) is 1.29. The van der Waals surface area contributed by atoms with E-state index in [1.165, 1.54) is 0 Å². The predicted molar refractivity (Wildman–Crippen MR) is 71.6 cm³/mol. The van der Waals surface area contributed by atoms with E-state index in [0.717, 1.165) is 6.42 Å². The van der Waals surface area contributed by atoms with E-state index in [1.54, 1.807) is 13.8 Å². The average molecular weight is 272 g/mol. The van der Waals surface area contributed by atoms with Crippen LogP contribution in [0.1, 0.15) is 46.5 Å². The molecule has 0 aromatic rings. The Kier molecular flexibility index (Phi) is 7.79. The zero-order chi connectivity index (χ0) is 14.9. The van der Waals surface area contributed by atoms with E-state index in [9.17, 15) is 14.4 Å². The van der Waals surface area contributed by atoms with Crippen LogP contribution in [-0.2, 0) is 14.4 Å². The van der Waals surface area contributed by atoms with Crippen molar-refractivity contribution in [1.29, 1.82) is 0 Å². The Labute approximate surface area is 113 Å². The van der Waals surface area contributed by atoms with Crippen molar-refractivity contribution in [2.45, 2.75) is 46.5 Å². The zero-order valence-electron chi connectivity index (χ0n) is 11.9. The quantitative estimate of drug-likeness (QED) is 0.581. The summed E-state index contributed by atoms with van der Waals surface area (Å²) < 4.78 is 0. The fourth-order valence-electron chi connectivity index (χ4n) is 1.29. The minimum absolute atomic E-state index is 0.128. The van der Waals surface area contributed by atoms with Gasteiger partial charge < -0.3 is 15.7 Å². The van der Waals surface area contributed by atoms with Crippen LogP contribution in [-0.4, -0.2) is 36.0 Å². The molecular weight excluding hydrogens is 248 g/mol. The first-order valence-electron chi connectivity index (χ1n) is 6.56. The number of carboxylic acids is 1. The molecule has 0 aromatic carbocycles. The Bertz CT molecular complexity index is 327. The predicted octanol–water partition coefficient (Wildman–Crippen LogP) is 0.910. The molecule has 0 bridgehead atoms. The summed E-state index contributed by atoms with van der Waals surface area (Å²) in [7, 11) is 0. The van der Waals surface area contributed by atoms with Gasteiger partial charge in [-0.3, -0.25) is 14.4 Å². The molecule has 0 aliphatic rings. The summed E-state index contributed by atoms with van der Waals surface area (Å²) in [5.41, 5.74) is -0.855. The molecule has 0 rings (SSSR count). The first kappa shape index (κ1) is 17.4. The number of carbonyl (C=O) groups is 3. The van der Waals surface area contributed by atoms with E-state index in [4.69, 9.17) is 5.11 Å². The molecule has 110 valence electrons. The van der Waals surface area contributed by atoms with E-state index < -0.39 is 11.4 Å². The lowest BCUT2D eigenvalue weighted by molar-refractivity contribution is -0.147. The third-order valence-electron chi connectivity index (χ3n) is 2.80. The third-order valence-corrected chi connectivity index (χ3v) is 2.80. The molecular formula is C13H24N2O4. The average Bonchev–Trinajstić information content (AvgIpc) is 2.33. The Hall–Kier alpha value is -1.59. The third kappa shape index (κ3) is 8.18. The standard InChI is InChI=1S/C13H24N2O4/c1-4-8-14-10(16)5-6-11(17)15-9-7-13(2,3)12(18)19/h4-9H2,1-3H3,(H,14,16)(H,15,17)(H,18,19). The summed E-state index contributed by atoms with van der Waals surface area (Å²) in [6.07, 6.45) is 1.51. The van der Waals surface area contributed by atoms with Gasteiger partial charge in [-0.25, -0.2) is 0 Å². The van der Waals surface area contributed by atoms with Gasteiger partial charge in [-0.15, -0.1) is 0 Å². The van der Waals surface area contributed by atoms with Crippen LogP contribution in [0.15, 0.2) is 0 Å². The summed E-state index contributed by atoms with van der Waals surface area (Å²) >= 11 is 0. The summed E-state index contributed by atoms with van der Waals surface area (Å²) in [6, 6.07) is 0. The molecule has 0 saturated carbocycles. The molecule has 0 aliphatic heterocycles. The van der Waals surface area contributed by atoms with Gasteiger partial charge in [-0.2, -0.15) is 0 Å². The normalized spacial score (nSPS) is 10.9. The molecule has 0 radical (unpaired) electrons. The molecule has 0 spiro atoms. The molecule has 3 N–H and O–H groups in total. The van der Waals surface area contributed by atoms with Crippen molar-refractivity contribution in [2.75, 3.05) is 13.1 Å². The van der Waals surface area contributed by atoms with Crippen LogP contribution >= 0.6 is 0 Å². The minimum Gasteiger partial charge on any atom is -0.481 e.